The van der Waals surface area contributed by atoms with Crippen LogP contribution in [0.3, 0.4) is 0 Å². The minimum absolute atomic E-state index is 0.113. The second-order valence-electron chi connectivity index (χ2n) is 9.50. The number of halogens is 1. The zero-order valence-electron chi connectivity index (χ0n) is 21.2. The topological polar surface area (TPSA) is 67.9 Å². The van der Waals surface area contributed by atoms with Gasteiger partial charge in [0, 0.05) is 6.54 Å². The van der Waals surface area contributed by atoms with Crippen LogP contribution in [-0.2, 0) is 9.47 Å². The SMILES string of the molecule is CC(C)(OCCOCCN1C(=O)c2ccccc2C1=O)C(F)CNC(c1ccccc1)c1ccccc1. The summed E-state index contributed by atoms with van der Waals surface area (Å²) in [6.07, 6.45) is -1.26. The van der Waals surface area contributed by atoms with Crippen LogP contribution < -0.4 is 5.32 Å². The monoisotopic (exact) mass is 504 g/mol. The Kier molecular flexibility index (Phi) is 8.82. The Morgan fingerprint density at radius 2 is 1.30 bits per heavy atom. The molecule has 0 bridgehead atoms. The van der Waals surface area contributed by atoms with Crippen molar-refractivity contribution in [3.05, 3.63) is 107 Å². The summed E-state index contributed by atoms with van der Waals surface area (Å²) in [5.74, 6) is -0.614. The minimum atomic E-state index is -1.26. The number of carbonyl (C=O) groups is 2. The molecule has 3 aromatic carbocycles. The second kappa shape index (κ2) is 12.2. The number of fused-ring (bicyclic) bond motifs is 1. The van der Waals surface area contributed by atoms with Gasteiger partial charge in [0.15, 0.2) is 0 Å². The molecule has 1 heterocycles. The summed E-state index contributed by atoms with van der Waals surface area (Å²) in [4.78, 5) is 26.0. The van der Waals surface area contributed by atoms with E-state index in [0.29, 0.717) is 11.1 Å². The molecular weight excluding hydrogens is 471 g/mol. The summed E-state index contributed by atoms with van der Waals surface area (Å²) >= 11 is 0. The maximum atomic E-state index is 15.3. The maximum Gasteiger partial charge on any atom is 0.261 e. The first-order valence-electron chi connectivity index (χ1n) is 12.5. The van der Waals surface area contributed by atoms with Crippen molar-refractivity contribution in [2.45, 2.75) is 31.7 Å². The predicted molar refractivity (Wildman–Crippen MR) is 140 cm³/mol. The lowest BCUT2D eigenvalue weighted by atomic mass is 9.97. The fourth-order valence-corrected chi connectivity index (χ4v) is 4.34. The lowest BCUT2D eigenvalue weighted by Gasteiger charge is -2.31. The van der Waals surface area contributed by atoms with Crippen LogP contribution in [-0.4, -0.2) is 61.4 Å². The van der Waals surface area contributed by atoms with Crippen molar-refractivity contribution in [2.75, 3.05) is 32.9 Å². The number of nitrogens with zero attached hydrogens (tertiary/aromatic N) is 1. The Balaban J connectivity index is 1.21. The average molecular weight is 505 g/mol. The van der Waals surface area contributed by atoms with Gasteiger partial charge in [-0.05, 0) is 37.1 Å². The number of imide groups is 1. The molecular formula is C30H33FN2O4. The lowest BCUT2D eigenvalue weighted by molar-refractivity contribution is -0.0873. The van der Waals surface area contributed by atoms with Crippen molar-refractivity contribution in [2.24, 2.45) is 0 Å². The molecule has 0 fully saturated rings. The molecule has 37 heavy (non-hydrogen) atoms. The van der Waals surface area contributed by atoms with Crippen molar-refractivity contribution in [1.82, 2.24) is 10.2 Å². The number of rotatable bonds is 13. The van der Waals surface area contributed by atoms with E-state index < -0.39 is 11.8 Å². The van der Waals surface area contributed by atoms with Gasteiger partial charge in [-0.2, -0.15) is 0 Å². The normalized spacial score (nSPS) is 14.3. The Hall–Kier alpha value is -3.39. The highest BCUT2D eigenvalue weighted by Gasteiger charge is 2.35. The number of benzene rings is 3. The summed E-state index contributed by atoms with van der Waals surface area (Å²) in [5, 5.41) is 3.36. The Bertz CT molecular complexity index is 1110. The third kappa shape index (κ3) is 6.49. The van der Waals surface area contributed by atoms with E-state index >= 15 is 4.39 Å². The highest BCUT2D eigenvalue weighted by atomic mass is 19.1. The molecule has 2 amide bonds. The molecule has 0 aliphatic carbocycles. The zero-order valence-corrected chi connectivity index (χ0v) is 21.2. The van der Waals surface area contributed by atoms with Gasteiger partial charge < -0.3 is 14.8 Å². The highest BCUT2D eigenvalue weighted by molar-refractivity contribution is 6.21. The molecule has 1 atom stereocenters. The number of hydrogen-bond acceptors (Lipinski definition) is 5. The first-order valence-corrected chi connectivity index (χ1v) is 12.5. The molecule has 0 aromatic heterocycles. The molecule has 4 rings (SSSR count). The predicted octanol–water partition coefficient (Wildman–Crippen LogP) is 4.81. The smallest absolute Gasteiger partial charge is 0.261 e. The summed E-state index contributed by atoms with van der Waals surface area (Å²) in [6.45, 7) is 4.32. The largest absolute Gasteiger partial charge is 0.377 e. The van der Waals surface area contributed by atoms with E-state index in [1.54, 1.807) is 38.1 Å². The number of hydrogen-bond donors (Lipinski definition) is 1. The van der Waals surface area contributed by atoms with Gasteiger partial charge in [0.05, 0.1) is 49.1 Å². The fourth-order valence-electron chi connectivity index (χ4n) is 4.34. The molecule has 1 aliphatic rings. The Morgan fingerprint density at radius 1 is 0.784 bits per heavy atom. The second-order valence-corrected chi connectivity index (χ2v) is 9.50. The first kappa shape index (κ1) is 26.7. The van der Waals surface area contributed by atoms with Crippen molar-refractivity contribution >= 4 is 11.8 Å². The van der Waals surface area contributed by atoms with Gasteiger partial charge in [-0.3, -0.25) is 14.5 Å². The van der Waals surface area contributed by atoms with E-state index in [-0.39, 0.29) is 50.8 Å². The summed E-state index contributed by atoms with van der Waals surface area (Å²) in [6, 6.07) is 26.6. The molecule has 0 saturated heterocycles. The van der Waals surface area contributed by atoms with Crippen LogP contribution in [0.4, 0.5) is 4.39 Å². The Labute approximate surface area is 217 Å². The maximum absolute atomic E-state index is 15.3. The van der Waals surface area contributed by atoms with Gasteiger partial charge in [-0.15, -0.1) is 0 Å². The van der Waals surface area contributed by atoms with Crippen LogP contribution in [0.15, 0.2) is 84.9 Å². The molecule has 1 N–H and O–H groups in total. The van der Waals surface area contributed by atoms with E-state index in [4.69, 9.17) is 9.47 Å². The Morgan fingerprint density at radius 3 is 1.84 bits per heavy atom. The number of nitrogens with one attached hydrogen (secondary N) is 1. The first-order chi connectivity index (χ1) is 17.9. The van der Waals surface area contributed by atoms with Gasteiger partial charge in [0.25, 0.3) is 11.8 Å². The molecule has 7 heteroatoms. The van der Waals surface area contributed by atoms with Crippen LogP contribution in [0.5, 0.6) is 0 Å². The third-order valence-corrected chi connectivity index (χ3v) is 6.56. The average Bonchev–Trinajstić information content (AvgIpc) is 3.16. The molecule has 194 valence electrons. The molecule has 1 unspecified atom stereocenters. The van der Waals surface area contributed by atoms with E-state index in [1.807, 2.05) is 60.7 Å². The zero-order chi connectivity index (χ0) is 26.3. The minimum Gasteiger partial charge on any atom is -0.377 e. The van der Waals surface area contributed by atoms with Gasteiger partial charge in [-0.1, -0.05) is 72.8 Å². The van der Waals surface area contributed by atoms with E-state index in [1.165, 1.54) is 4.90 Å². The van der Waals surface area contributed by atoms with E-state index in [0.717, 1.165) is 11.1 Å². The number of carbonyl (C=O) groups excluding carboxylic acids is 2. The van der Waals surface area contributed by atoms with Gasteiger partial charge >= 0.3 is 0 Å². The fraction of sp³-hybridized carbons (Fsp3) is 0.333. The molecule has 0 saturated carbocycles. The van der Waals surface area contributed by atoms with Crippen LogP contribution in [0, 0.1) is 0 Å². The number of amides is 2. The highest BCUT2D eigenvalue weighted by Crippen LogP contribution is 2.24. The molecule has 3 aromatic rings. The van der Waals surface area contributed by atoms with Gasteiger partial charge in [0.2, 0.25) is 0 Å². The summed E-state index contributed by atoms with van der Waals surface area (Å²) < 4.78 is 26.6. The number of alkyl halides is 1. The molecule has 1 aliphatic heterocycles. The van der Waals surface area contributed by atoms with Crippen LogP contribution in [0.2, 0.25) is 0 Å². The summed E-state index contributed by atoms with van der Waals surface area (Å²) in [7, 11) is 0. The van der Waals surface area contributed by atoms with Crippen LogP contribution in [0.1, 0.15) is 51.7 Å². The molecule has 6 nitrogen and oxygen atoms in total. The van der Waals surface area contributed by atoms with Crippen LogP contribution >= 0.6 is 0 Å². The van der Waals surface area contributed by atoms with Crippen LogP contribution in [0.25, 0.3) is 0 Å². The quantitative estimate of drug-likeness (QED) is 0.267. The number of ether oxygens (including phenoxy) is 2. The lowest BCUT2D eigenvalue weighted by Crippen LogP contribution is -2.44. The van der Waals surface area contributed by atoms with Crippen molar-refractivity contribution in [3.63, 3.8) is 0 Å². The van der Waals surface area contributed by atoms with E-state index in [2.05, 4.69) is 5.32 Å². The van der Waals surface area contributed by atoms with Gasteiger partial charge in [-0.25, -0.2) is 4.39 Å². The van der Waals surface area contributed by atoms with Crippen molar-refractivity contribution in [1.29, 1.82) is 0 Å². The third-order valence-electron chi connectivity index (χ3n) is 6.56. The standard InChI is InChI=1S/C30H33FN2O4/c1-30(2,26(31)21-32-27(22-11-5-3-6-12-22)23-13-7-4-8-14-23)37-20-19-36-18-17-33-28(34)24-15-9-10-16-25(24)29(33)35/h3-16,26-27,32H,17-21H2,1-2H3. The summed E-state index contributed by atoms with van der Waals surface area (Å²) in [5.41, 5.74) is 1.93. The van der Waals surface area contributed by atoms with Crippen molar-refractivity contribution < 1.29 is 23.5 Å². The molecule has 0 radical (unpaired) electrons. The molecule has 0 spiro atoms. The van der Waals surface area contributed by atoms with Crippen molar-refractivity contribution in [3.8, 4) is 0 Å². The van der Waals surface area contributed by atoms with E-state index in [9.17, 15) is 9.59 Å². The van der Waals surface area contributed by atoms with Gasteiger partial charge in [0.1, 0.15) is 6.17 Å².